The number of aromatic nitrogens is 3. The third-order valence-corrected chi connectivity index (χ3v) is 6.37. The van der Waals surface area contributed by atoms with Gasteiger partial charge in [0.1, 0.15) is 0 Å². The molecule has 2 heterocycles. The molecule has 3 N–H and O–H groups in total. The van der Waals surface area contributed by atoms with Gasteiger partial charge in [0.05, 0.1) is 5.69 Å². The Morgan fingerprint density at radius 1 is 1.22 bits per heavy atom. The molecule has 0 saturated carbocycles. The predicted molar refractivity (Wildman–Crippen MR) is 103 cm³/mol. The highest BCUT2D eigenvalue weighted by Gasteiger charge is 2.26. The van der Waals surface area contributed by atoms with E-state index in [1.165, 1.54) is 0 Å². The molecule has 2 amide bonds. The smallest absolute Gasteiger partial charge is 0.305 e. The molecule has 2 aromatic rings. The number of rotatable bonds is 3. The van der Waals surface area contributed by atoms with Crippen LogP contribution in [-0.4, -0.2) is 25.0 Å². The Morgan fingerprint density at radius 3 is 2.41 bits per heavy atom. The maximum atomic E-state index is 12.8. The van der Waals surface area contributed by atoms with Gasteiger partial charge in [-0.25, -0.2) is 14.1 Å². The number of hydrogen-bond donors (Lipinski definition) is 2. The lowest BCUT2D eigenvalue weighted by molar-refractivity contribution is 0.260. The number of anilines is 1. The van der Waals surface area contributed by atoms with Gasteiger partial charge in [-0.3, -0.25) is 9.67 Å². The number of amides is 2. The number of fused-ring (bicyclic) bond motifs is 2. The maximum Gasteiger partial charge on any atom is 0.354 e. The molecule has 0 radical (unpaired) electrons. The molecule has 9 heteroatoms. The fourth-order valence-electron chi connectivity index (χ4n) is 3.80. The van der Waals surface area contributed by atoms with E-state index in [1.54, 1.807) is 16.9 Å². The van der Waals surface area contributed by atoms with E-state index in [0.717, 1.165) is 66.7 Å². The Morgan fingerprint density at radius 2 is 1.85 bits per heavy atom. The Balaban J connectivity index is 1.65. The van der Waals surface area contributed by atoms with Crippen LogP contribution in [0, 0.1) is 0 Å². The van der Waals surface area contributed by atoms with Crippen LogP contribution in [0.2, 0.25) is 0 Å². The van der Waals surface area contributed by atoms with Crippen LogP contribution in [0.1, 0.15) is 55.2 Å². The van der Waals surface area contributed by atoms with Gasteiger partial charge in [0.2, 0.25) is 0 Å². The summed E-state index contributed by atoms with van der Waals surface area (Å²) in [4.78, 5) is 17.3. The lowest BCUT2D eigenvalue weighted by Gasteiger charge is -2.14. The number of pyridine rings is 1. The molecule has 0 aliphatic heterocycles. The zero-order chi connectivity index (χ0) is 19.2. The monoisotopic (exact) mass is 388 g/mol. The van der Waals surface area contributed by atoms with Crippen molar-refractivity contribution in [1.82, 2.24) is 14.8 Å². The summed E-state index contributed by atoms with van der Waals surface area (Å²) in [6.45, 7) is 3.90. The molecule has 144 valence electrons. The minimum absolute atomic E-state index is 0.102. The van der Waals surface area contributed by atoms with E-state index in [1.807, 2.05) is 13.8 Å². The number of carbonyl (C=O) groups excluding carboxylic acids is 1. The molecule has 2 aromatic heterocycles. The van der Waals surface area contributed by atoms with Gasteiger partial charge in [-0.1, -0.05) is 0 Å². The van der Waals surface area contributed by atoms with Crippen LogP contribution in [0.5, 0.6) is 0 Å². The molecule has 4 rings (SSSR count). The number of nitrogens with two attached hydrogens (primary N) is 1. The van der Waals surface area contributed by atoms with E-state index in [0.29, 0.717) is 0 Å². The molecular formula is C18H24N6O2S. The first-order valence-corrected chi connectivity index (χ1v) is 10.9. The van der Waals surface area contributed by atoms with Crippen molar-refractivity contribution in [3.8, 4) is 0 Å². The standard InChI is InChI=1S/C18H24N6O2S/c1-11(2)24-10-9-16(22-24)27(19,26)23-18(25)21-17-12-5-3-7-14(12)20-15-8-4-6-13(15)17/h9-11H,3-8H2,1-2H3,(H3,19,20,21,23,25,26). The van der Waals surface area contributed by atoms with E-state index < -0.39 is 15.9 Å². The number of hydrogen-bond acceptors (Lipinski definition) is 4. The highest BCUT2D eigenvalue weighted by Crippen LogP contribution is 2.36. The van der Waals surface area contributed by atoms with Crippen molar-refractivity contribution in [2.75, 3.05) is 5.32 Å². The number of urea groups is 1. The minimum atomic E-state index is -3.41. The van der Waals surface area contributed by atoms with E-state index in [9.17, 15) is 9.00 Å². The van der Waals surface area contributed by atoms with Crippen molar-refractivity contribution in [3.05, 3.63) is 34.8 Å². The highest BCUT2D eigenvalue weighted by molar-refractivity contribution is 7.91. The largest absolute Gasteiger partial charge is 0.354 e. The van der Waals surface area contributed by atoms with Crippen LogP contribution >= 0.6 is 0 Å². The van der Waals surface area contributed by atoms with Gasteiger partial charge in [-0.2, -0.15) is 5.10 Å². The molecular weight excluding hydrogens is 364 g/mol. The van der Waals surface area contributed by atoms with Crippen LogP contribution in [0.4, 0.5) is 10.5 Å². The summed E-state index contributed by atoms with van der Waals surface area (Å²) in [6, 6.07) is 0.946. The third kappa shape index (κ3) is 3.37. The summed E-state index contributed by atoms with van der Waals surface area (Å²) >= 11 is 0. The van der Waals surface area contributed by atoms with Crippen LogP contribution in [-0.2, 0) is 35.6 Å². The van der Waals surface area contributed by atoms with Crippen molar-refractivity contribution in [2.45, 2.75) is 63.4 Å². The number of aryl methyl sites for hydroxylation is 2. The predicted octanol–water partition coefficient (Wildman–Crippen LogP) is 2.77. The summed E-state index contributed by atoms with van der Waals surface area (Å²) < 4.78 is 18.1. The van der Waals surface area contributed by atoms with Gasteiger partial charge in [0.15, 0.2) is 14.9 Å². The third-order valence-electron chi connectivity index (χ3n) is 5.11. The molecule has 1 atom stereocenters. The summed E-state index contributed by atoms with van der Waals surface area (Å²) in [5.41, 5.74) is 5.12. The van der Waals surface area contributed by atoms with E-state index in [2.05, 4.69) is 14.8 Å². The normalized spacial score (nSPS) is 17.5. The quantitative estimate of drug-likeness (QED) is 0.841. The number of carbonyl (C=O) groups is 1. The van der Waals surface area contributed by atoms with Crippen molar-refractivity contribution in [1.29, 1.82) is 0 Å². The lowest BCUT2D eigenvalue weighted by atomic mass is 10.1. The van der Waals surface area contributed by atoms with Gasteiger partial charge < -0.3 is 5.32 Å². The summed E-state index contributed by atoms with van der Waals surface area (Å²) in [6.07, 6.45) is 7.40. The second-order valence-electron chi connectivity index (χ2n) is 7.36. The van der Waals surface area contributed by atoms with Gasteiger partial charge in [0.25, 0.3) is 0 Å². The average molecular weight is 388 g/mol. The van der Waals surface area contributed by atoms with Crippen molar-refractivity contribution in [3.63, 3.8) is 0 Å². The zero-order valence-electron chi connectivity index (χ0n) is 15.6. The van der Waals surface area contributed by atoms with Crippen LogP contribution in [0.25, 0.3) is 0 Å². The summed E-state index contributed by atoms with van der Waals surface area (Å²) in [5, 5.41) is 13.0. The minimum Gasteiger partial charge on any atom is -0.305 e. The zero-order valence-corrected chi connectivity index (χ0v) is 16.4. The molecule has 8 nitrogen and oxygen atoms in total. The molecule has 27 heavy (non-hydrogen) atoms. The second-order valence-corrected chi connectivity index (χ2v) is 9.10. The van der Waals surface area contributed by atoms with Gasteiger partial charge in [-0.15, -0.1) is 4.36 Å². The molecule has 0 bridgehead atoms. The topological polar surface area (TPSA) is 115 Å². The van der Waals surface area contributed by atoms with E-state index in [4.69, 9.17) is 10.1 Å². The van der Waals surface area contributed by atoms with Crippen molar-refractivity contribution in [2.24, 2.45) is 9.50 Å². The van der Waals surface area contributed by atoms with E-state index >= 15 is 0 Å². The van der Waals surface area contributed by atoms with Crippen LogP contribution in [0.3, 0.4) is 0 Å². The lowest BCUT2D eigenvalue weighted by Crippen LogP contribution is -2.20. The SMILES string of the molecule is CC(C)n1ccc(S(N)(=O)=NC(=O)Nc2c3c(nc4c2CCC4)CCC3)n1. The molecule has 0 aromatic carbocycles. The maximum absolute atomic E-state index is 12.8. The molecule has 2 aliphatic carbocycles. The van der Waals surface area contributed by atoms with Gasteiger partial charge >= 0.3 is 6.03 Å². The second kappa shape index (κ2) is 6.72. The summed E-state index contributed by atoms with van der Waals surface area (Å²) in [7, 11) is -3.41. The van der Waals surface area contributed by atoms with Crippen molar-refractivity contribution >= 4 is 21.6 Å². The van der Waals surface area contributed by atoms with Crippen molar-refractivity contribution < 1.29 is 9.00 Å². The highest BCUT2D eigenvalue weighted by atomic mass is 32.2. The van der Waals surface area contributed by atoms with Crippen LogP contribution < -0.4 is 10.5 Å². The molecule has 2 aliphatic rings. The number of nitrogens with zero attached hydrogens (tertiary/aromatic N) is 4. The molecule has 1 unspecified atom stereocenters. The van der Waals surface area contributed by atoms with Crippen LogP contribution in [0.15, 0.2) is 21.7 Å². The summed E-state index contributed by atoms with van der Waals surface area (Å²) in [5.74, 6) is 0. The van der Waals surface area contributed by atoms with E-state index in [-0.39, 0.29) is 11.1 Å². The molecule has 0 spiro atoms. The molecule has 0 fully saturated rings. The molecule has 0 saturated heterocycles. The Kier molecular flexibility index (Phi) is 4.51. The first-order valence-electron chi connectivity index (χ1n) is 9.29. The fourth-order valence-corrected chi connectivity index (χ4v) is 4.65. The fraction of sp³-hybridized carbons (Fsp3) is 0.500. The average Bonchev–Trinajstić information content (AvgIpc) is 3.34. The Labute approximate surface area is 158 Å². The Bertz CT molecular complexity index is 1000. The Hall–Kier alpha value is -2.26. The first kappa shape index (κ1) is 18.1. The van der Waals surface area contributed by atoms with Gasteiger partial charge in [0, 0.05) is 23.6 Å². The number of nitrogens with one attached hydrogen (secondary N) is 1. The first-order chi connectivity index (χ1) is 12.8. The van der Waals surface area contributed by atoms with Gasteiger partial charge in [-0.05, 0) is 69.6 Å².